The summed E-state index contributed by atoms with van der Waals surface area (Å²) in [6.45, 7) is 1.65. The molecule has 0 radical (unpaired) electrons. The highest BCUT2D eigenvalue weighted by atomic mass is 32.1. The molecule has 3 aromatic heterocycles. The van der Waals surface area contributed by atoms with Gasteiger partial charge in [-0.2, -0.15) is 16.3 Å². The second-order valence-electron chi connectivity index (χ2n) is 5.45. The van der Waals surface area contributed by atoms with Crippen LogP contribution in [-0.4, -0.2) is 27.0 Å². The van der Waals surface area contributed by atoms with E-state index in [2.05, 4.69) is 15.5 Å². The molecule has 3 amide bonds. The van der Waals surface area contributed by atoms with Gasteiger partial charge in [-0.15, -0.1) is 11.3 Å². The number of rotatable bonds is 4. The number of hydrogen-bond donors (Lipinski definition) is 1. The molecule has 0 saturated carbocycles. The van der Waals surface area contributed by atoms with Gasteiger partial charge in [-0.25, -0.2) is 4.79 Å². The van der Waals surface area contributed by atoms with Gasteiger partial charge in [0.15, 0.2) is 5.54 Å². The van der Waals surface area contributed by atoms with Crippen LogP contribution in [0.25, 0.3) is 11.4 Å². The van der Waals surface area contributed by atoms with E-state index in [1.807, 2.05) is 34.3 Å². The van der Waals surface area contributed by atoms with Crippen molar-refractivity contribution in [2.24, 2.45) is 0 Å². The molecule has 7 nitrogen and oxygen atoms in total. The van der Waals surface area contributed by atoms with Gasteiger partial charge in [0.25, 0.3) is 5.91 Å². The van der Waals surface area contributed by atoms with Crippen LogP contribution in [0.5, 0.6) is 0 Å². The van der Waals surface area contributed by atoms with Crippen molar-refractivity contribution in [2.75, 3.05) is 0 Å². The van der Waals surface area contributed by atoms with Crippen LogP contribution in [0, 0.1) is 0 Å². The maximum atomic E-state index is 12.7. The number of thiophene rings is 2. The molecule has 3 aromatic rings. The molecule has 0 aromatic carbocycles. The zero-order chi connectivity index (χ0) is 16.7. The van der Waals surface area contributed by atoms with Crippen molar-refractivity contribution in [3.63, 3.8) is 0 Å². The third-order valence-electron chi connectivity index (χ3n) is 3.83. The van der Waals surface area contributed by atoms with Crippen molar-refractivity contribution in [1.82, 2.24) is 20.4 Å². The summed E-state index contributed by atoms with van der Waals surface area (Å²) in [7, 11) is 0. The second-order valence-corrected chi connectivity index (χ2v) is 7.18. The van der Waals surface area contributed by atoms with Crippen LogP contribution in [0.15, 0.2) is 38.9 Å². The lowest BCUT2D eigenvalue weighted by Crippen LogP contribution is -2.40. The minimum Gasteiger partial charge on any atom is -0.337 e. The molecular weight excluding hydrogens is 348 g/mol. The van der Waals surface area contributed by atoms with Crippen molar-refractivity contribution < 1.29 is 14.1 Å². The van der Waals surface area contributed by atoms with E-state index < -0.39 is 11.6 Å². The van der Waals surface area contributed by atoms with Crippen LogP contribution in [-0.2, 0) is 16.9 Å². The molecule has 122 valence electrons. The number of amides is 3. The number of aromatic nitrogens is 2. The lowest BCUT2D eigenvalue weighted by molar-refractivity contribution is -0.131. The first-order valence-corrected chi connectivity index (χ1v) is 8.93. The van der Waals surface area contributed by atoms with Crippen molar-refractivity contribution in [2.45, 2.75) is 19.0 Å². The molecule has 24 heavy (non-hydrogen) atoms. The van der Waals surface area contributed by atoms with Gasteiger partial charge in [0.05, 0.1) is 0 Å². The highest BCUT2D eigenvalue weighted by molar-refractivity contribution is 7.10. The molecule has 1 atom stereocenters. The third kappa shape index (κ3) is 2.33. The van der Waals surface area contributed by atoms with E-state index in [-0.39, 0.29) is 18.3 Å². The third-order valence-corrected chi connectivity index (χ3v) is 5.60. The highest BCUT2D eigenvalue weighted by Crippen LogP contribution is 2.32. The van der Waals surface area contributed by atoms with Crippen LogP contribution < -0.4 is 5.32 Å². The van der Waals surface area contributed by atoms with Gasteiger partial charge in [0.1, 0.15) is 6.54 Å². The predicted octanol–water partition coefficient (Wildman–Crippen LogP) is 2.83. The average Bonchev–Trinajstić information content (AvgIpc) is 3.34. The van der Waals surface area contributed by atoms with Crippen molar-refractivity contribution in [3.8, 4) is 11.4 Å². The summed E-state index contributed by atoms with van der Waals surface area (Å²) in [5.74, 6) is 0.333. The quantitative estimate of drug-likeness (QED) is 0.723. The van der Waals surface area contributed by atoms with Gasteiger partial charge in [-0.3, -0.25) is 9.69 Å². The summed E-state index contributed by atoms with van der Waals surface area (Å²) in [5, 5.41) is 12.3. The Kier molecular flexibility index (Phi) is 3.47. The Labute approximate surface area is 144 Å². The van der Waals surface area contributed by atoms with E-state index in [1.54, 1.807) is 6.92 Å². The van der Waals surface area contributed by atoms with E-state index in [4.69, 9.17) is 4.52 Å². The largest absolute Gasteiger partial charge is 0.337 e. The number of nitrogens with zero attached hydrogens (tertiary/aromatic N) is 3. The van der Waals surface area contributed by atoms with E-state index >= 15 is 0 Å². The fraction of sp³-hybridized carbons (Fsp3) is 0.200. The van der Waals surface area contributed by atoms with E-state index in [0.29, 0.717) is 5.82 Å². The Hall–Kier alpha value is -2.52. The van der Waals surface area contributed by atoms with Crippen LogP contribution in [0.3, 0.4) is 0 Å². The number of nitrogens with one attached hydrogen (secondary N) is 1. The first-order chi connectivity index (χ1) is 11.6. The molecule has 4 heterocycles. The van der Waals surface area contributed by atoms with Gasteiger partial charge in [0, 0.05) is 15.8 Å². The van der Waals surface area contributed by atoms with E-state index in [1.165, 1.54) is 22.7 Å². The summed E-state index contributed by atoms with van der Waals surface area (Å²) in [6, 6.07) is 5.08. The summed E-state index contributed by atoms with van der Waals surface area (Å²) < 4.78 is 5.18. The van der Waals surface area contributed by atoms with Crippen molar-refractivity contribution in [1.29, 1.82) is 0 Å². The molecule has 4 rings (SSSR count). The highest BCUT2D eigenvalue weighted by Gasteiger charge is 2.50. The van der Waals surface area contributed by atoms with Gasteiger partial charge in [-0.1, -0.05) is 11.2 Å². The maximum absolute atomic E-state index is 12.7. The smallest absolute Gasteiger partial charge is 0.325 e. The molecule has 1 aliphatic rings. The molecular formula is C15H12N4O3S2. The monoisotopic (exact) mass is 360 g/mol. The Balaban J connectivity index is 1.57. The van der Waals surface area contributed by atoms with Crippen LogP contribution in [0.2, 0.25) is 0 Å². The number of urea groups is 1. The standard InChI is InChI=1S/C15H12N4O3S2/c1-15(10-3-2-5-24-10)13(20)19(14(21)17-15)7-11-16-12(18-22-11)9-4-6-23-8-9/h2-6,8H,7H2,1H3,(H,17,21). The lowest BCUT2D eigenvalue weighted by atomic mass is 10.0. The molecule has 1 unspecified atom stereocenters. The van der Waals surface area contributed by atoms with E-state index in [0.717, 1.165) is 15.3 Å². The molecule has 1 aliphatic heterocycles. The summed E-state index contributed by atoms with van der Waals surface area (Å²) in [6.07, 6.45) is 0. The average molecular weight is 360 g/mol. The summed E-state index contributed by atoms with van der Waals surface area (Å²) in [4.78, 5) is 31.1. The van der Waals surface area contributed by atoms with Crippen LogP contribution in [0.1, 0.15) is 17.7 Å². The summed E-state index contributed by atoms with van der Waals surface area (Å²) >= 11 is 2.95. The maximum Gasteiger partial charge on any atom is 0.325 e. The van der Waals surface area contributed by atoms with Gasteiger partial charge in [0.2, 0.25) is 11.7 Å². The number of hydrogen-bond acceptors (Lipinski definition) is 7. The normalized spacial score (nSPS) is 20.6. The topological polar surface area (TPSA) is 88.3 Å². The Morgan fingerprint density at radius 1 is 1.33 bits per heavy atom. The molecule has 1 saturated heterocycles. The SMILES string of the molecule is CC1(c2cccs2)NC(=O)N(Cc2nc(-c3ccsc3)no2)C1=O. The number of imide groups is 1. The molecule has 1 fully saturated rings. The molecule has 0 aliphatic carbocycles. The minimum atomic E-state index is -1.05. The minimum absolute atomic E-state index is 0.0528. The molecule has 0 spiro atoms. The second kappa shape index (κ2) is 5.53. The van der Waals surface area contributed by atoms with Crippen molar-refractivity contribution in [3.05, 3.63) is 45.1 Å². The zero-order valence-corrected chi connectivity index (χ0v) is 14.2. The zero-order valence-electron chi connectivity index (χ0n) is 12.6. The van der Waals surface area contributed by atoms with Gasteiger partial charge in [-0.05, 0) is 29.8 Å². The van der Waals surface area contributed by atoms with Gasteiger partial charge >= 0.3 is 6.03 Å². The van der Waals surface area contributed by atoms with Crippen LogP contribution in [0.4, 0.5) is 4.79 Å². The lowest BCUT2D eigenvalue weighted by Gasteiger charge is -2.19. The molecule has 0 bridgehead atoms. The Morgan fingerprint density at radius 2 is 2.21 bits per heavy atom. The van der Waals surface area contributed by atoms with Crippen LogP contribution >= 0.6 is 22.7 Å². The molecule has 9 heteroatoms. The Bertz CT molecular complexity index is 888. The summed E-state index contributed by atoms with van der Waals surface area (Å²) in [5.41, 5.74) is -0.211. The van der Waals surface area contributed by atoms with Crippen molar-refractivity contribution >= 4 is 34.6 Å². The predicted molar refractivity (Wildman–Crippen MR) is 88.4 cm³/mol. The first-order valence-electron chi connectivity index (χ1n) is 7.11. The fourth-order valence-corrected chi connectivity index (χ4v) is 4.00. The van der Waals surface area contributed by atoms with E-state index in [9.17, 15) is 9.59 Å². The molecule has 1 N–H and O–H groups in total. The Morgan fingerprint density at radius 3 is 2.92 bits per heavy atom. The number of carbonyl (C=O) groups excluding carboxylic acids is 2. The van der Waals surface area contributed by atoms with Gasteiger partial charge < -0.3 is 9.84 Å². The first kappa shape index (κ1) is 15.0. The number of carbonyl (C=O) groups is 2. The fourth-order valence-electron chi connectivity index (χ4n) is 2.53.